The van der Waals surface area contributed by atoms with Crippen LogP contribution in [0.15, 0.2) is 53.4 Å². The molecule has 1 fully saturated rings. The van der Waals surface area contributed by atoms with Crippen LogP contribution in [-0.4, -0.2) is 32.3 Å². The lowest BCUT2D eigenvalue weighted by Gasteiger charge is -2.15. The highest BCUT2D eigenvalue weighted by atomic mass is 32.2. The summed E-state index contributed by atoms with van der Waals surface area (Å²) < 4.78 is 65.4. The van der Waals surface area contributed by atoms with Crippen molar-refractivity contribution in [3.05, 3.63) is 59.7 Å². The van der Waals surface area contributed by atoms with E-state index in [0.29, 0.717) is 6.07 Å². The number of nitrogens with zero attached hydrogens (tertiary/aromatic N) is 1. The maximum atomic E-state index is 12.8. The van der Waals surface area contributed by atoms with E-state index in [1.165, 1.54) is 12.1 Å². The minimum absolute atomic E-state index is 0.0230. The third kappa shape index (κ3) is 4.83. The van der Waals surface area contributed by atoms with Gasteiger partial charge in [0.1, 0.15) is 0 Å². The van der Waals surface area contributed by atoms with E-state index in [0.717, 1.165) is 49.7 Å². The first-order valence-electron chi connectivity index (χ1n) is 8.72. The normalized spacial score (nSPS) is 14.9. The molecule has 2 aromatic rings. The summed E-state index contributed by atoms with van der Waals surface area (Å²) in [6.07, 6.45) is -2.40. The minimum Gasteiger partial charge on any atom is -0.342 e. The Kier molecular flexibility index (Phi) is 5.64. The number of carbonyl (C=O) groups excluding carboxylic acids is 1. The van der Waals surface area contributed by atoms with E-state index >= 15 is 0 Å². The van der Waals surface area contributed by atoms with Gasteiger partial charge in [0, 0.05) is 18.8 Å². The summed E-state index contributed by atoms with van der Waals surface area (Å²) in [7, 11) is -4.17. The molecule has 9 heteroatoms. The SMILES string of the molecule is O=C(Cc1ccc(NS(=O)(=O)c2cccc(C(F)(F)F)c2)cc1)N1CCCC1. The Morgan fingerprint density at radius 2 is 1.68 bits per heavy atom. The van der Waals surface area contributed by atoms with Crippen LogP contribution in [0.4, 0.5) is 18.9 Å². The fourth-order valence-corrected chi connectivity index (χ4v) is 4.10. The van der Waals surface area contributed by atoms with Gasteiger partial charge in [0.2, 0.25) is 5.91 Å². The zero-order chi connectivity index (χ0) is 20.4. The molecular weight excluding hydrogens is 393 g/mol. The summed E-state index contributed by atoms with van der Waals surface area (Å²) in [5.41, 5.74) is -0.0974. The number of carbonyl (C=O) groups is 1. The van der Waals surface area contributed by atoms with Crippen LogP contribution in [0.1, 0.15) is 24.0 Å². The molecule has 1 N–H and O–H groups in total. The van der Waals surface area contributed by atoms with Crippen LogP contribution in [-0.2, 0) is 27.4 Å². The van der Waals surface area contributed by atoms with Crippen molar-refractivity contribution in [2.75, 3.05) is 17.8 Å². The standard InChI is InChI=1S/C19H19F3N2O3S/c20-19(21,22)15-4-3-5-17(13-15)28(26,27)23-16-8-6-14(7-9-16)12-18(25)24-10-1-2-11-24/h3-9,13,23H,1-2,10-12H2. The number of sulfonamides is 1. The van der Waals surface area contributed by atoms with Gasteiger partial charge in [0.15, 0.2) is 0 Å². The van der Waals surface area contributed by atoms with Gasteiger partial charge < -0.3 is 4.90 Å². The first kappa shape index (κ1) is 20.2. The fourth-order valence-electron chi connectivity index (χ4n) is 3.00. The van der Waals surface area contributed by atoms with Gasteiger partial charge in [-0.3, -0.25) is 9.52 Å². The molecule has 0 bridgehead atoms. The molecule has 5 nitrogen and oxygen atoms in total. The molecule has 2 aromatic carbocycles. The van der Waals surface area contributed by atoms with Crippen molar-refractivity contribution in [3.63, 3.8) is 0 Å². The molecule has 0 saturated carbocycles. The average molecular weight is 412 g/mol. The fraction of sp³-hybridized carbons (Fsp3) is 0.316. The molecular formula is C19H19F3N2O3S. The largest absolute Gasteiger partial charge is 0.416 e. The van der Waals surface area contributed by atoms with Crippen molar-refractivity contribution in [1.82, 2.24) is 4.90 Å². The van der Waals surface area contributed by atoms with E-state index in [1.807, 2.05) is 0 Å². The second-order valence-electron chi connectivity index (χ2n) is 6.59. The molecule has 0 aliphatic carbocycles. The van der Waals surface area contributed by atoms with E-state index in [-0.39, 0.29) is 18.0 Å². The number of likely N-dealkylation sites (tertiary alicyclic amines) is 1. The Morgan fingerprint density at radius 3 is 2.29 bits per heavy atom. The molecule has 28 heavy (non-hydrogen) atoms. The molecule has 0 aromatic heterocycles. The third-order valence-electron chi connectivity index (χ3n) is 4.49. The van der Waals surface area contributed by atoms with Gasteiger partial charge >= 0.3 is 6.18 Å². The molecule has 1 amide bonds. The van der Waals surface area contributed by atoms with Crippen molar-refractivity contribution < 1.29 is 26.4 Å². The van der Waals surface area contributed by atoms with Gasteiger partial charge in [-0.25, -0.2) is 8.42 Å². The minimum atomic E-state index is -4.63. The van der Waals surface area contributed by atoms with Crippen LogP contribution in [0.5, 0.6) is 0 Å². The number of hydrogen-bond acceptors (Lipinski definition) is 3. The van der Waals surface area contributed by atoms with Crippen LogP contribution < -0.4 is 4.72 Å². The molecule has 1 heterocycles. The summed E-state index contributed by atoms with van der Waals surface area (Å²) in [5, 5.41) is 0. The lowest BCUT2D eigenvalue weighted by molar-refractivity contribution is -0.137. The Labute approximate surface area is 161 Å². The third-order valence-corrected chi connectivity index (χ3v) is 5.87. The Morgan fingerprint density at radius 1 is 1.04 bits per heavy atom. The summed E-state index contributed by atoms with van der Waals surface area (Å²) >= 11 is 0. The number of nitrogens with one attached hydrogen (secondary N) is 1. The van der Waals surface area contributed by atoms with E-state index in [2.05, 4.69) is 4.72 Å². The predicted octanol–water partition coefficient (Wildman–Crippen LogP) is 3.67. The summed E-state index contributed by atoms with van der Waals surface area (Å²) in [5.74, 6) is 0.0230. The first-order valence-corrected chi connectivity index (χ1v) is 10.2. The number of alkyl halides is 3. The smallest absolute Gasteiger partial charge is 0.342 e. The highest BCUT2D eigenvalue weighted by molar-refractivity contribution is 7.92. The quantitative estimate of drug-likeness (QED) is 0.815. The van der Waals surface area contributed by atoms with Gasteiger partial charge in [-0.05, 0) is 48.7 Å². The molecule has 1 saturated heterocycles. The van der Waals surface area contributed by atoms with Crippen molar-refractivity contribution >= 4 is 21.6 Å². The number of benzene rings is 2. The van der Waals surface area contributed by atoms with Crippen molar-refractivity contribution in [1.29, 1.82) is 0 Å². The van der Waals surface area contributed by atoms with Gasteiger partial charge in [-0.1, -0.05) is 18.2 Å². The molecule has 0 unspecified atom stereocenters. The van der Waals surface area contributed by atoms with Gasteiger partial charge in [0.05, 0.1) is 16.9 Å². The summed E-state index contributed by atoms with van der Waals surface area (Å²) in [6, 6.07) is 9.76. The van der Waals surface area contributed by atoms with E-state index in [9.17, 15) is 26.4 Å². The zero-order valence-electron chi connectivity index (χ0n) is 14.9. The summed E-state index contributed by atoms with van der Waals surface area (Å²) in [6.45, 7) is 1.52. The van der Waals surface area contributed by atoms with Crippen LogP contribution >= 0.6 is 0 Å². The van der Waals surface area contributed by atoms with Crippen molar-refractivity contribution in [2.45, 2.75) is 30.3 Å². The summed E-state index contributed by atoms with van der Waals surface area (Å²) in [4.78, 5) is 13.5. The lowest BCUT2D eigenvalue weighted by Crippen LogP contribution is -2.29. The Hall–Kier alpha value is -2.55. The van der Waals surface area contributed by atoms with Gasteiger partial charge in [-0.2, -0.15) is 13.2 Å². The number of anilines is 1. The average Bonchev–Trinajstić information content (AvgIpc) is 3.17. The number of halogens is 3. The highest BCUT2D eigenvalue weighted by Crippen LogP contribution is 2.30. The zero-order valence-corrected chi connectivity index (χ0v) is 15.7. The number of hydrogen-bond donors (Lipinski definition) is 1. The maximum Gasteiger partial charge on any atom is 0.416 e. The predicted molar refractivity (Wildman–Crippen MR) is 98.2 cm³/mol. The maximum absolute atomic E-state index is 12.8. The molecule has 150 valence electrons. The second kappa shape index (κ2) is 7.83. The van der Waals surface area contributed by atoms with Crippen molar-refractivity contribution in [2.24, 2.45) is 0 Å². The molecule has 1 aliphatic rings. The van der Waals surface area contributed by atoms with E-state index < -0.39 is 26.7 Å². The Balaban J connectivity index is 1.70. The van der Waals surface area contributed by atoms with Crippen molar-refractivity contribution in [3.8, 4) is 0 Å². The van der Waals surface area contributed by atoms with Gasteiger partial charge in [0.25, 0.3) is 10.0 Å². The Bertz CT molecular complexity index is 951. The molecule has 1 aliphatic heterocycles. The lowest BCUT2D eigenvalue weighted by atomic mass is 10.1. The number of rotatable bonds is 5. The topological polar surface area (TPSA) is 66.5 Å². The molecule has 0 radical (unpaired) electrons. The monoisotopic (exact) mass is 412 g/mol. The molecule has 0 atom stereocenters. The van der Waals surface area contributed by atoms with Crippen LogP contribution in [0.2, 0.25) is 0 Å². The molecule has 3 rings (SSSR count). The van der Waals surface area contributed by atoms with Crippen LogP contribution in [0, 0.1) is 0 Å². The second-order valence-corrected chi connectivity index (χ2v) is 8.28. The van der Waals surface area contributed by atoms with Crippen LogP contribution in [0.25, 0.3) is 0 Å². The van der Waals surface area contributed by atoms with E-state index in [4.69, 9.17) is 0 Å². The number of amides is 1. The van der Waals surface area contributed by atoms with E-state index in [1.54, 1.807) is 17.0 Å². The highest BCUT2D eigenvalue weighted by Gasteiger charge is 2.31. The first-order chi connectivity index (χ1) is 13.1. The van der Waals surface area contributed by atoms with Gasteiger partial charge in [-0.15, -0.1) is 0 Å². The molecule has 0 spiro atoms. The van der Waals surface area contributed by atoms with Crippen LogP contribution in [0.3, 0.4) is 0 Å².